The number of hydrogen-bond acceptors (Lipinski definition) is 0. The molecule has 0 aliphatic rings. The summed E-state index contributed by atoms with van der Waals surface area (Å²) in [6.07, 6.45) is -10.1. The first-order valence-corrected chi connectivity index (χ1v) is 16.5. The molecule has 6 aromatic carbocycles. The van der Waals surface area contributed by atoms with Crippen LogP contribution >= 0.6 is 0 Å². The predicted octanol–water partition coefficient (Wildman–Crippen LogP) is 13.4. The first kappa shape index (κ1) is 33.2. The van der Waals surface area contributed by atoms with Crippen LogP contribution in [0, 0.1) is 34.3 Å². The second kappa shape index (κ2) is 11.5. The summed E-state index contributed by atoms with van der Waals surface area (Å²) in [7, 11) is 0. The van der Waals surface area contributed by atoms with E-state index in [0.29, 0.717) is 32.8 Å². The van der Waals surface area contributed by atoms with Crippen LogP contribution in [-0.4, -0.2) is 9.13 Å². The molecule has 0 N–H and O–H groups in total. The number of fused-ring (bicyclic) bond motifs is 6. The Morgan fingerprint density at radius 3 is 1.37 bits per heavy atom. The highest BCUT2D eigenvalue weighted by atomic mass is 19.4. The lowest BCUT2D eigenvalue weighted by atomic mass is 9.92. The van der Waals surface area contributed by atoms with Crippen molar-refractivity contribution in [2.75, 3.05) is 0 Å². The van der Waals surface area contributed by atoms with Crippen molar-refractivity contribution < 1.29 is 26.3 Å². The van der Waals surface area contributed by atoms with E-state index in [0.717, 1.165) is 45.2 Å². The largest absolute Gasteiger partial charge is 0.420 e. The zero-order valence-corrected chi connectivity index (χ0v) is 28.4. The Balaban J connectivity index is 1.66. The average molecular weight is 702 g/mol. The fourth-order valence-corrected chi connectivity index (χ4v) is 7.64. The lowest BCUT2D eigenvalue weighted by Gasteiger charge is -2.26. The first-order valence-electron chi connectivity index (χ1n) is 16.5. The SMILES string of the molecule is [C-]#[N+]c1cccc(C(F)(F)F)c1-c1ccc(-n2c3ccc(C)cc3c3cc(C)ccc32)c(C(F)(F)F)c1-n1c2ccc(C)cc2c2cc(C)ccc21. The molecule has 0 saturated heterocycles. The van der Waals surface area contributed by atoms with E-state index in [4.69, 9.17) is 6.57 Å². The molecule has 2 aromatic heterocycles. The molecule has 0 radical (unpaired) electrons. The Morgan fingerprint density at radius 1 is 0.519 bits per heavy atom. The van der Waals surface area contributed by atoms with Gasteiger partial charge in [0.1, 0.15) is 5.56 Å². The van der Waals surface area contributed by atoms with Crippen molar-refractivity contribution in [3.05, 3.63) is 148 Å². The van der Waals surface area contributed by atoms with Crippen LogP contribution < -0.4 is 0 Å². The van der Waals surface area contributed by atoms with Gasteiger partial charge in [0, 0.05) is 27.1 Å². The van der Waals surface area contributed by atoms with Gasteiger partial charge in [-0.3, -0.25) is 0 Å². The van der Waals surface area contributed by atoms with E-state index in [1.807, 2.05) is 64.1 Å². The zero-order valence-electron chi connectivity index (χ0n) is 28.4. The van der Waals surface area contributed by atoms with Crippen LogP contribution in [-0.2, 0) is 12.4 Å². The molecular weight excluding hydrogens is 672 g/mol. The molecule has 8 rings (SSSR count). The van der Waals surface area contributed by atoms with E-state index in [9.17, 15) is 13.2 Å². The molecule has 2 heterocycles. The monoisotopic (exact) mass is 701 g/mol. The fourth-order valence-electron chi connectivity index (χ4n) is 7.64. The maximum Gasteiger partial charge on any atom is 0.420 e. The lowest BCUT2D eigenvalue weighted by molar-refractivity contribution is -0.137. The van der Waals surface area contributed by atoms with Crippen LogP contribution in [0.1, 0.15) is 33.4 Å². The predicted molar refractivity (Wildman–Crippen MR) is 196 cm³/mol. The highest BCUT2D eigenvalue weighted by Gasteiger charge is 2.42. The first-order chi connectivity index (χ1) is 24.7. The Morgan fingerprint density at radius 2 is 0.962 bits per heavy atom. The topological polar surface area (TPSA) is 14.2 Å². The van der Waals surface area contributed by atoms with Gasteiger partial charge in [0.25, 0.3) is 0 Å². The minimum atomic E-state index is -5.08. The standard InChI is InChI=1S/C43H29F6N3/c1-23-9-14-34-28(19-23)29-20-24(2)10-15-35(29)51(34)38-18-13-27(39-32(42(44,45)46)7-6-8-33(39)50-5)41(40(38)43(47,48)49)52-36-16-11-25(3)21-30(36)31-22-26(4)12-17-37(31)52/h6-22H,1-4H3. The number of halogens is 6. The maximum atomic E-state index is 16.3. The van der Waals surface area contributed by atoms with Crippen molar-refractivity contribution >= 4 is 49.3 Å². The quantitative estimate of drug-likeness (QED) is 0.129. The molecule has 0 atom stereocenters. The Hall–Kier alpha value is -6.01. The van der Waals surface area contributed by atoms with Gasteiger partial charge >= 0.3 is 12.4 Å². The summed E-state index contributed by atoms with van der Waals surface area (Å²) in [5.74, 6) is 0. The van der Waals surface area contributed by atoms with Crippen LogP contribution in [0.2, 0.25) is 0 Å². The summed E-state index contributed by atoms with van der Waals surface area (Å²) >= 11 is 0. The van der Waals surface area contributed by atoms with Crippen LogP contribution in [0.3, 0.4) is 0 Å². The molecule has 8 aromatic rings. The van der Waals surface area contributed by atoms with Gasteiger partial charge in [-0.15, -0.1) is 0 Å². The lowest BCUT2D eigenvalue weighted by Crippen LogP contribution is -2.17. The smallest absolute Gasteiger partial charge is 0.309 e. The van der Waals surface area contributed by atoms with Crippen molar-refractivity contribution in [1.82, 2.24) is 9.13 Å². The molecule has 0 aliphatic heterocycles. The van der Waals surface area contributed by atoms with E-state index in [1.54, 1.807) is 41.0 Å². The summed E-state index contributed by atoms with van der Waals surface area (Å²) in [5, 5.41) is 2.80. The van der Waals surface area contributed by atoms with Crippen LogP contribution in [0.4, 0.5) is 32.0 Å². The van der Waals surface area contributed by atoms with Gasteiger partial charge in [0.05, 0.1) is 45.6 Å². The Bertz CT molecular complexity index is 2710. The third kappa shape index (κ3) is 5.04. The fraction of sp³-hybridized carbons (Fsp3) is 0.140. The van der Waals surface area contributed by atoms with Gasteiger partial charge in [-0.25, -0.2) is 4.85 Å². The normalized spacial score (nSPS) is 12.4. The number of aryl methyl sites for hydroxylation is 4. The molecular formula is C43H29F6N3. The van der Waals surface area contributed by atoms with Gasteiger partial charge in [-0.05, 0) is 87.9 Å². The summed E-state index contributed by atoms with van der Waals surface area (Å²) < 4.78 is 96.2. The second-order valence-electron chi connectivity index (χ2n) is 13.4. The zero-order chi connectivity index (χ0) is 36.9. The Labute approximate surface area is 294 Å². The third-order valence-corrected chi connectivity index (χ3v) is 9.79. The van der Waals surface area contributed by atoms with Crippen molar-refractivity contribution in [1.29, 1.82) is 0 Å². The number of rotatable bonds is 3. The van der Waals surface area contributed by atoms with Crippen molar-refractivity contribution in [2.24, 2.45) is 0 Å². The van der Waals surface area contributed by atoms with E-state index in [-0.39, 0.29) is 11.3 Å². The summed E-state index contributed by atoms with van der Waals surface area (Å²) in [4.78, 5) is 3.41. The van der Waals surface area contributed by atoms with Gasteiger partial charge in [-0.2, -0.15) is 26.3 Å². The second-order valence-corrected chi connectivity index (χ2v) is 13.4. The maximum absolute atomic E-state index is 16.3. The van der Waals surface area contributed by atoms with E-state index in [1.165, 1.54) is 22.8 Å². The van der Waals surface area contributed by atoms with Crippen molar-refractivity contribution in [2.45, 2.75) is 40.0 Å². The van der Waals surface area contributed by atoms with Gasteiger partial charge < -0.3 is 9.13 Å². The van der Waals surface area contributed by atoms with Gasteiger partial charge in [-0.1, -0.05) is 70.8 Å². The molecule has 0 unspecified atom stereocenters. The number of alkyl halides is 6. The number of benzene rings is 6. The van der Waals surface area contributed by atoms with Crippen LogP contribution in [0.15, 0.2) is 103 Å². The number of aromatic nitrogens is 2. The minimum Gasteiger partial charge on any atom is -0.309 e. The van der Waals surface area contributed by atoms with Crippen LogP contribution in [0.5, 0.6) is 0 Å². The Kier molecular flexibility index (Phi) is 7.33. The minimum absolute atomic E-state index is 0.248. The summed E-state index contributed by atoms with van der Waals surface area (Å²) in [6, 6.07) is 27.4. The molecule has 0 bridgehead atoms. The highest BCUT2D eigenvalue weighted by Crippen LogP contribution is 2.51. The molecule has 3 nitrogen and oxygen atoms in total. The summed E-state index contributed by atoms with van der Waals surface area (Å²) in [6.45, 7) is 15.4. The number of nitrogens with zero attached hydrogens (tertiary/aromatic N) is 3. The molecule has 0 fully saturated rings. The van der Waals surface area contributed by atoms with E-state index in [2.05, 4.69) is 4.85 Å². The van der Waals surface area contributed by atoms with Gasteiger partial charge in [0.2, 0.25) is 0 Å². The van der Waals surface area contributed by atoms with E-state index >= 15 is 13.2 Å². The number of hydrogen-bond donors (Lipinski definition) is 0. The molecule has 0 saturated carbocycles. The average Bonchev–Trinajstić information content (AvgIpc) is 3.57. The third-order valence-electron chi connectivity index (χ3n) is 9.79. The van der Waals surface area contributed by atoms with Gasteiger partial charge in [0.15, 0.2) is 5.69 Å². The van der Waals surface area contributed by atoms with Crippen molar-refractivity contribution in [3.8, 4) is 22.5 Å². The van der Waals surface area contributed by atoms with Crippen molar-refractivity contribution in [3.63, 3.8) is 0 Å². The van der Waals surface area contributed by atoms with Crippen LogP contribution in [0.25, 0.3) is 71.0 Å². The highest BCUT2D eigenvalue weighted by molar-refractivity contribution is 6.12. The molecule has 258 valence electrons. The summed E-state index contributed by atoms with van der Waals surface area (Å²) in [5.41, 5.74) is 0.940. The molecule has 9 heteroatoms. The molecule has 0 aliphatic carbocycles. The molecule has 0 amide bonds. The molecule has 0 spiro atoms. The van der Waals surface area contributed by atoms with E-state index < -0.39 is 40.4 Å². The molecule has 52 heavy (non-hydrogen) atoms.